The standard InChI is InChI=1S/C14H18N2OS/c1-2-17-11-7-9-16(10-8-11)14-15-12-5-3-4-6-13(12)18-14/h3-6,11H,2,7-10H2,1H3. The third-order valence-electron chi connectivity index (χ3n) is 3.40. The number of benzene rings is 1. The molecule has 0 spiro atoms. The fourth-order valence-electron chi connectivity index (χ4n) is 2.44. The summed E-state index contributed by atoms with van der Waals surface area (Å²) in [5, 5.41) is 1.16. The lowest BCUT2D eigenvalue weighted by Gasteiger charge is -2.31. The Morgan fingerprint density at radius 2 is 2.11 bits per heavy atom. The van der Waals surface area contributed by atoms with Gasteiger partial charge in [-0.1, -0.05) is 23.5 Å². The minimum Gasteiger partial charge on any atom is -0.378 e. The van der Waals surface area contributed by atoms with Gasteiger partial charge in [0.25, 0.3) is 0 Å². The fraction of sp³-hybridized carbons (Fsp3) is 0.500. The molecule has 1 fully saturated rings. The predicted octanol–water partition coefficient (Wildman–Crippen LogP) is 3.30. The molecule has 1 aliphatic heterocycles. The molecule has 3 rings (SSSR count). The average Bonchev–Trinajstić information content (AvgIpc) is 2.84. The summed E-state index contributed by atoms with van der Waals surface area (Å²) in [6, 6.07) is 8.35. The molecule has 0 saturated carbocycles. The molecular formula is C14H18N2OS. The number of hydrogen-bond donors (Lipinski definition) is 0. The van der Waals surface area contributed by atoms with Gasteiger partial charge < -0.3 is 9.64 Å². The first kappa shape index (κ1) is 11.9. The van der Waals surface area contributed by atoms with Crippen LogP contribution in [0.3, 0.4) is 0 Å². The highest BCUT2D eigenvalue weighted by Crippen LogP contribution is 2.30. The number of piperidine rings is 1. The minimum atomic E-state index is 0.445. The topological polar surface area (TPSA) is 25.4 Å². The van der Waals surface area contributed by atoms with Gasteiger partial charge in [0, 0.05) is 19.7 Å². The van der Waals surface area contributed by atoms with E-state index in [0.717, 1.165) is 43.2 Å². The van der Waals surface area contributed by atoms with E-state index >= 15 is 0 Å². The Labute approximate surface area is 111 Å². The Balaban J connectivity index is 1.72. The summed E-state index contributed by atoms with van der Waals surface area (Å²) in [5.74, 6) is 0. The summed E-state index contributed by atoms with van der Waals surface area (Å²) in [6.45, 7) is 5.01. The van der Waals surface area contributed by atoms with E-state index in [0.29, 0.717) is 6.10 Å². The van der Waals surface area contributed by atoms with Crippen LogP contribution in [-0.2, 0) is 4.74 Å². The molecule has 1 aromatic carbocycles. The molecule has 0 radical (unpaired) electrons. The molecular weight excluding hydrogens is 244 g/mol. The van der Waals surface area contributed by atoms with Crippen LogP contribution in [0.4, 0.5) is 5.13 Å². The van der Waals surface area contributed by atoms with E-state index in [4.69, 9.17) is 9.72 Å². The molecule has 1 aromatic heterocycles. The number of para-hydroxylation sites is 1. The zero-order chi connectivity index (χ0) is 12.4. The second-order valence-corrected chi connectivity index (χ2v) is 5.62. The summed E-state index contributed by atoms with van der Waals surface area (Å²) in [7, 11) is 0. The van der Waals surface area contributed by atoms with Crippen LogP contribution >= 0.6 is 11.3 Å². The van der Waals surface area contributed by atoms with Crippen LogP contribution in [0.5, 0.6) is 0 Å². The molecule has 0 atom stereocenters. The number of nitrogens with zero attached hydrogens (tertiary/aromatic N) is 2. The molecule has 0 bridgehead atoms. The van der Waals surface area contributed by atoms with Crippen molar-refractivity contribution >= 4 is 26.7 Å². The van der Waals surface area contributed by atoms with Crippen molar-refractivity contribution in [1.29, 1.82) is 0 Å². The minimum absolute atomic E-state index is 0.445. The van der Waals surface area contributed by atoms with Crippen LogP contribution in [0.2, 0.25) is 0 Å². The Bertz CT molecular complexity index is 484. The van der Waals surface area contributed by atoms with Crippen LogP contribution in [0.15, 0.2) is 24.3 Å². The van der Waals surface area contributed by atoms with Crippen molar-refractivity contribution in [1.82, 2.24) is 4.98 Å². The zero-order valence-corrected chi connectivity index (χ0v) is 11.4. The molecule has 18 heavy (non-hydrogen) atoms. The van der Waals surface area contributed by atoms with Crippen molar-refractivity contribution in [2.75, 3.05) is 24.6 Å². The molecule has 0 aliphatic carbocycles. The van der Waals surface area contributed by atoms with Gasteiger partial charge in [-0.25, -0.2) is 4.98 Å². The normalized spacial score (nSPS) is 17.5. The van der Waals surface area contributed by atoms with Gasteiger partial charge in [0.2, 0.25) is 0 Å². The third-order valence-corrected chi connectivity index (χ3v) is 4.49. The Kier molecular flexibility index (Phi) is 3.48. The van der Waals surface area contributed by atoms with E-state index in [2.05, 4.69) is 30.0 Å². The van der Waals surface area contributed by atoms with E-state index < -0.39 is 0 Å². The summed E-state index contributed by atoms with van der Waals surface area (Å²) in [5.41, 5.74) is 1.12. The molecule has 0 unspecified atom stereocenters. The lowest BCUT2D eigenvalue weighted by Crippen LogP contribution is -2.36. The monoisotopic (exact) mass is 262 g/mol. The maximum Gasteiger partial charge on any atom is 0.186 e. The van der Waals surface area contributed by atoms with Crippen molar-refractivity contribution in [3.63, 3.8) is 0 Å². The lowest BCUT2D eigenvalue weighted by atomic mass is 10.1. The maximum absolute atomic E-state index is 5.68. The van der Waals surface area contributed by atoms with Gasteiger partial charge in [0.1, 0.15) is 0 Å². The van der Waals surface area contributed by atoms with Crippen molar-refractivity contribution in [3.8, 4) is 0 Å². The molecule has 96 valence electrons. The molecule has 1 saturated heterocycles. The molecule has 2 aromatic rings. The van der Waals surface area contributed by atoms with E-state index in [1.54, 1.807) is 11.3 Å². The third kappa shape index (κ3) is 2.35. The lowest BCUT2D eigenvalue weighted by molar-refractivity contribution is 0.0459. The molecule has 0 amide bonds. The van der Waals surface area contributed by atoms with Gasteiger partial charge in [0.15, 0.2) is 5.13 Å². The van der Waals surface area contributed by atoms with Crippen LogP contribution in [0.1, 0.15) is 19.8 Å². The van der Waals surface area contributed by atoms with Gasteiger partial charge in [-0.05, 0) is 31.9 Å². The highest BCUT2D eigenvalue weighted by Gasteiger charge is 2.21. The maximum atomic E-state index is 5.68. The van der Waals surface area contributed by atoms with Crippen LogP contribution < -0.4 is 4.90 Å². The summed E-state index contributed by atoms with van der Waals surface area (Å²) in [6.07, 6.45) is 2.67. The number of thiazole rings is 1. The summed E-state index contributed by atoms with van der Waals surface area (Å²) >= 11 is 1.79. The van der Waals surface area contributed by atoms with Crippen molar-refractivity contribution in [2.24, 2.45) is 0 Å². The zero-order valence-electron chi connectivity index (χ0n) is 10.6. The quantitative estimate of drug-likeness (QED) is 0.848. The van der Waals surface area contributed by atoms with E-state index in [1.165, 1.54) is 4.70 Å². The number of hydrogen-bond acceptors (Lipinski definition) is 4. The first-order valence-corrected chi connectivity index (χ1v) is 7.40. The number of fused-ring (bicyclic) bond motifs is 1. The first-order valence-electron chi connectivity index (χ1n) is 6.59. The number of aromatic nitrogens is 1. The van der Waals surface area contributed by atoms with Gasteiger partial charge in [-0.15, -0.1) is 0 Å². The van der Waals surface area contributed by atoms with E-state index in [9.17, 15) is 0 Å². The smallest absolute Gasteiger partial charge is 0.186 e. The molecule has 3 nitrogen and oxygen atoms in total. The first-order chi connectivity index (χ1) is 8.86. The molecule has 2 heterocycles. The molecule has 1 aliphatic rings. The van der Waals surface area contributed by atoms with Crippen LogP contribution in [0.25, 0.3) is 10.2 Å². The van der Waals surface area contributed by atoms with Gasteiger partial charge in [-0.3, -0.25) is 0 Å². The highest BCUT2D eigenvalue weighted by atomic mass is 32.1. The SMILES string of the molecule is CCOC1CCN(c2nc3ccccc3s2)CC1. The predicted molar refractivity (Wildman–Crippen MR) is 76.5 cm³/mol. The largest absolute Gasteiger partial charge is 0.378 e. The van der Waals surface area contributed by atoms with Gasteiger partial charge >= 0.3 is 0 Å². The van der Waals surface area contributed by atoms with Crippen molar-refractivity contribution < 1.29 is 4.74 Å². The Morgan fingerprint density at radius 3 is 2.83 bits per heavy atom. The number of anilines is 1. The van der Waals surface area contributed by atoms with Crippen molar-refractivity contribution in [2.45, 2.75) is 25.9 Å². The Morgan fingerprint density at radius 1 is 1.33 bits per heavy atom. The Hall–Kier alpha value is -1.13. The molecule has 0 N–H and O–H groups in total. The average molecular weight is 262 g/mol. The van der Waals surface area contributed by atoms with Gasteiger partial charge in [-0.2, -0.15) is 0 Å². The fourth-order valence-corrected chi connectivity index (χ4v) is 3.46. The van der Waals surface area contributed by atoms with Gasteiger partial charge in [0.05, 0.1) is 16.3 Å². The van der Waals surface area contributed by atoms with Crippen LogP contribution in [-0.4, -0.2) is 30.8 Å². The second kappa shape index (κ2) is 5.24. The van der Waals surface area contributed by atoms with E-state index in [-0.39, 0.29) is 0 Å². The number of ether oxygens (including phenoxy) is 1. The second-order valence-electron chi connectivity index (χ2n) is 4.61. The summed E-state index contributed by atoms with van der Waals surface area (Å²) < 4.78 is 6.96. The van der Waals surface area contributed by atoms with Crippen LogP contribution in [0, 0.1) is 0 Å². The summed E-state index contributed by atoms with van der Waals surface area (Å²) in [4.78, 5) is 7.10. The number of rotatable bonds is 3. The van der Waals surface area contributed by atoms with Crippen molar-refractivity contribution in [3.05, 3.63) is 24.3 Å². The van der Waals surface area contributed by atoms with E-state index in [1.807, 2.05) is 6.07 Å². The highest BCUT2D eigenvalue weighted by molar-refractivity contribution is 7.22. The molecule has 4 heteroatoms.